The van der Waals surface area contributed by atoms with E-state index >= 15 is 0 Å². The van der Waals surface area contributed by atoms with Crippen LogP contribution in [0.1, 0.15) is 53.9 Å². The van der Waals surface area contributed by atoms with Crippen LogP contribution in [0, 0.1) is 0 Å². The molecule has 0 aliphatic carbocycles. The molecule has 1 atom stereocenters. The minimum atomic E-state index is -0.0249. The van der Waals surface area contributed by atoms with Crippen molar-refractivity contribution in [2.45, 2.75) is 71.1 Å². The second-order valence-electron chi connectivity index (χ2n) is 6.81. The Morgan fingerprint density at radius 1 is 1.12 bits per heavy atom. The molecule has 1 unspecified atom stereocenters. The van der Waals surface area contributed by atoms with Crippen LogP contribution in [0.25, 0.3) is 0 Å². The summed E-state index contributed by atoms with van der Waals surface area (Å²) in [6, 6.07) is 0.340. The third kappa shape index (κ3) is 5.84. The van der Waals surface area contributed by atoms with E-state index in [0.717, 1.165) is 19.5 Å². The van der Waals surface area contributed by atoms with Crippen LogP contribution in [0.2, 0.25) is 0 Å². The number of hydrogen-bond donors (Lipinski definition) is 1. The van der Waals surface area contributed by atoms with Gasteiger partial charge in [-0.3, -0.25) is 4.90 Å². The molecule has 1 aliphatic heterocycles. The van der Waals surface area contributed by atoms with Crippen LogP contribution in [-0.2, 0) is 4.74 Å². The molecule has 0 spiro atoms. The molecule has 0 aromatic rings. The molecule has 0 aromatic heterocycles. The SMILES string of the molecule is CC(N)CCCCN1CC(C)(C)OC(C)(C)C1. The van der Waals surface area contributed by atoms with Gasteiger partial charge < -0.3 is 10.5 Å². The fraction of sp³-hybridized carbons (Fsp3) is 1.00. The van der Waals surface area contributed by atoms with Crippen molar-refractivity contribution in [1.29, 1.82) is 0 Å². The number of hydrogen-bond acceptors (Lipinski definition) is 3. The number of morpholine rings is 1. The van der Waals surface area contributed by atoms with Gasteiger partial charge in [-0.15, -0.1) is 0 Å². The second kappa shape index (κ2) is 5.68. The maximum Gasteiger partial charge on any atom is 0.0760 e. The summed E-state index contributed by atoms with van der Waals surface area (Å²) in [5, 5.41) is 0. The lowest BCUT2D eigenvalue weighted by Gasteiger charge is -2.47. The van der Waals surface area contributed by atoms with E-state index in [-0.39, 0.29) is 11.2 Å². The maximum absolute atomic E-state index is 6.07. The summed E-state index contributed by atoms with van der Waals surface area (Å²) in [5.74, 6) is 0. The molecule has 2 N–H and O–H groups in total. The van der Waals surface area contributed by atoms with E-state index in [0.29, 0.717) is 6.04 Å². The lowest BCUT2D eigenvalue weighted by Crippen LogP contribution is -2.57. The average molecular weight is 242 g/mol. The van der Waals surface area contributed by atoms with Crippen molar-refractivity contribution in [2.75, 3.05) is 19.6 Å². The Bertz CT molecular complexity index is 220. The van der Waals surface area contributed by atoms with Gasteiger partial charge in [0.15, 0.2) is 0 Å². The van der Waals surface area contributed by atoms with Crippen molar-refractivity contribution in [2.24, 2.45) is 5.73 Å². The van der Waals surface area contributed by atoms with Crippen LogP contribution in [0.15, 0.2) is 0 Å². The first-order valence-electron chi connectivity index (χ1n) is 6.88. The Balaban J connectivity index is 2.33. The third-order valence-electron chi connectivity index (χ3n) is 3.15. The van der Waals surface area contributed by atoms with Crippen molar-refractivity contribution in [3.05, 3.63) is 0 Å². The van der Waals surface area contributed by atoms with Crippen LogP contribution in [0.3, 0.4) is 0 Å². The number of unbranched alkanes of at least 4 members (excludes halogenated alkanes) is 1. The van der Waals surface area contributed by atoms with Gasteiger partial charge >= 0.3 is 0 Å². The standard InChI is InChI=1S/C14H30N2O/c1-12(15)8-6-7-9-16-10-13(2,3)17-14(4,5)11-16/h12H,6-11,15H2,1-5H3. The first-order chi connectivity index (χ1) is 7.70. The Morgan fingerprint density at radius 3 is 2.12 bits per heavy atom. The molecular weight excluding hydrogens is 212 g/mol. The highest BCUT2D eigenvalue weighted by atomic mass is 16.5. The zero-order valence-corrected chi connectivity index (χ0v) is 12.3. The Hall–Kier alpha value is -0.120. The van der Waals surface area contributed by atoms with Crippen LogP contribution in [0.5, 0.6) is 0 Å². The molecule has 1 heterocycles. The largest absolute Gasteiger partial charge is 0.367 e. The average Bonchev–Trinajstić information content (AvgIpc) is 2.06. The Kier molecular flexibility index (Phi) is 4.99. The van der Waals surface area contributed by atoms with Gasteiger partial charge in [-0.05, 0) is 54.0 Å². The summed E-state index contributed by atoms with van der Waals surface area (Å²) in [6.45, 7) is 14.1. The van der Waals surface area contributed by atoms with E-state index in [4.69, 9.17) is 10.5 Å². The zero-order chi connectivity index (χ0) is 13.1. The normalized spacial score (nSPS) is 25.8. The topological polar surface area (TPSA) is 38.5 Å². The third-order valence-corrected chi connectivity index (χ3v) is 3.15. The Labute approximate surface area is 107 Å². The van der Waals surface area contributed by atoms with E-state index in [1.54, 1.807) is 0 Å². The smallest absolute Gasteiger partial charge is 0.0760 e. The van der Waals surface area contributed by atoms with Crippen LogP contribution in [-0.4, -0.2) is 41.8 Å². The van der Waals surface area contributed by atoms with E-state index in [9.17, 15) is 0 Å². The highest BCUT2D eigenvalue weighted by Gasteiger charge is 2.37. The van der Waals surface area contributed by atoms with Crippen LogP contribution < -0.4 is 5.73 Å². The number of nitrogens with two attached hydrogens (primary N) is 1. The summed E-state index contributed by atoms with van der Waals surface area (Å²) in [6.07, 6.45) is 3.61. The minimum Gasteiger partial charge on any atom is -0.367 e. The van der Waals surface area contributed by atoms with Crippen molar-refractivity contribution < 1.29 is 4.74 Å². The van der Waals surface area contributed by atoms with Crippen molar-refractivity contribution in [3.8, 4) is 0 Å². The van der Waals surface area contributed by atoms with Gasteiger partial charge in [-0.2, -0.15) is 0 Å². The molecule has 3 nitrogen and oxygen atoms in total. The zero-order valence-electron chi connectivity index (χ0n) is 12.3. The van der Waals surface area contributed by atoms with Gasteiger partial charge in [0.05, 0.1) is 11.2 Å². The molecule has 1 fully saturated rings. The van der Waals surface area contributed by atoms with E-state index in [1.807, 2.05) is 0 Å². The summed E-state index contributed by atoms with van der Waals surface area (Å²) in [7, 11) is 0. The highest BCUT2D eigenvalue weighted by Crippen LogP contribution is 2.28. The fourth-order valence-electron chi connectivity index (χ4n) is 2.91. The predicted octanol–water partition coefficient (Wildman–Crippen LogP) is 2.39. The predicted molar refractivity (Wildman–Crippen MR) is 73.2 cm³/mol. The molecule has 102 valence electrons. The summed E-state index contributed by atoms with van der Waals surface area (Å²) < 4.78 is 6.07. The minimum absolute atomic E-state index is 0.0249. The molecule has 0 radical (unpaired) electrons. The maximum atomic E-state index is 6.07. The first kappa shape index (κ1) is 14.9. The molecule has 1 rings (SSSR count). The lowest BCUT2D eigenvalue weighted by molar-refractivity contribution is -0.180. The molecule has 0 aromatic carbocycles. The van der Waals surface area contributed by atoms with E-state index in [1.165, 1.54) is 19.4 Å². The van der Waals surface area contributed by atoms with Gasteiger partial charge in [-0.25, -0.2) is 0 Å². The van der Waals surface area contributed by atoms with Crippen molar-refractivity contribution in [3.63, 3.8) is 0 Å². The summed E-state index contributed by atoms with van der Waals surface area (Å²) >= 11 is 0. The van der Waals surface area contributed by atoms with Gasteiger partial charge in [0.25, 0.3) is 0 Å². The molecule has 0 bridgehead atoms. The molecular formula is C14H30N2O. The molecule has 0 saturated carbocycles. The Morgan fingerprint density at radius 2 is 1.65 bits per heavy atom. The van der Waals surface area contributed by atoms with E-state index in [2.05, 4.69) is 39.5 Å². The quantitative estimate of drug-likeness (QED) is 0.752. The van der Waals surface area contributed by atoms with Gasteiger partial charge in [0.2, 0.25) is 0 Å². The van der Waals surface area contributed by atoms with Crippen molar-refractivity contribution in [1.82, 2.24) is 4.90 Å². The molecule has 0 amide bonds. The fourth-order valence-corrected chi connectivity index (χ4v) is 2.91. The van der Waals surface area contributed by atoms with Crippen molar-refractivity contribution >= 4 is 0 Å². The van der Waals surface area contributed by atoms with Crippen LogP contribution in [0.4, 0.5) is 0 Å². The number of ether oxygens (including phenoxy) is 1. The highest BCUT2D eigenvalue weighted by molar-refractivity contribution is 4.88. The van der Waals surface area contributed by atoms with Gasteiger partial charge in [0.1, 0.15) is 0 Å². The second-order valence-corrected chi connectivity index (χ2v) is 6.81. The molecule has 1 aliphatic rings. The summed E-state index contributed by atoms with van der Waals surface area (Å²) in [4.78, 5) is 2.53. The first-order valence-corrected chi connectivity index (χ1v) is 6.88. The van der Waals surface area contributed by atoms with Gasteiger partial charge in [0, 0.05) is 19.1 Å². The summed E-state index contributed by atoms with van der Waals surface area (Å²) in [5.41, 5.74) is 5.71. The monoisotopic (exact) mass is 242 g/mol. The molecule has 17 heavy (non-hydrogen) atoms. The van der Waals surface area contributed by atoms with E-state index < -0.39 is 0 Å². The van der Waals surface area contributed by atoms with Gasteiger partial charge in [-0.1, -0.05) is 6.42 Å². The molecule has 1 saturated heterocycles. The van der Waals surface area contributed by atoms with Crippen LogP contribution >= 0.6 is 0 Å². The number of nitrogens with zero attached hydrogens (tertiary/aromatic N) is 1. The molecule has 3 heteroatoms. The lowest BCUT2D eigenvalue weighted by atomic mass is 9.98. The number of rotatable bonds is 5.